The molecule has 0 aliphatic heterocycles. The van der Waals surface area contributed by atoms with Crippen molar-refractivity contribution in [3.05, 3.63) is 20.8 Å². The predicted molar refractivity (Wildman–Crippen MR) is 82.4 cm³/mol. The van der Waals surface area contributed by atoms with E-state index in [2.05, 4.69) is 4.98 Å². The Morgan fingerprint density at radius 3 is 2.68 bits per heavy atom. The molecule has 22 heavy (non-hydrogen) atoms. The van der Waals surface area contributed by atoms with E-state index in [9.17, 15) is 14.4 Å². The molecule has 0 atom stereocenters. The normalized spacial score (nSPS) is 10.6. The molecule has 9 nitrogen and oxygen atoms in total. The number of carboxylic acid groups (broad SMARTS) is 1. The van der Waals surface area contributed by atoms with Crippen LogP contribution in [0.2, 0.25) is 0 Å². The van der Waals surface area contributed by atoms with Gasteiger partial charge in [-0.25, -0.2) is 4.79 Å². The summed E-state index contributed by atoms with van der Waals surface area (Å²) in [5.74, 6) is -1.14. The third kappa shape index (κ3) is 4.35. The molecule has 4 N–H and O–H groups in total. The van der Waals surface area contributed by atoms with Gasteiger partial charge in [-0.15, -0.1) is 0 Å². The largest absolute Gasteiger partial charge is 0.480 e. The molecule has 0 unspecified atom stereocenters. The minimum atomic E-state index is -1.11. The lowest BCUT2D eigenvalue weighted by molar-refractivity contribution is -0.135. The molecule has 0 aliphatic carbocycles. The van der Waals surface area contributed by atoms with E-state index in [0.29, 0.717) is 13.0 Å². The first-order valence-corrected chi connectivity index (χ1v) is 7.00. The number of anilines is 2. The molecular formula is C13H22N4O5. The highest BCUT2D eigenvalue weighted by atomic mass is 16.5. The molecule has 0 saturated heterocycles. The number of carboxylic acids is 1. The van der Waals surface area contributed by atoms with E-state index < -0.39 is 23.8 Å². The first-order valence-electron chi connectivity index (χ1n) is 7.00. The number of nitrogens with one attached hydrogen (secondary N) is 1. The molecule has 1 heterocycles. The van der Waals surface area contributed by atoms with Gasteiger partial charge in [-0.2, -0.15) is 0 Å². The third-order valence-corrected chi connectivity index (χ3v) is 3.16. The van der Waals surface area contributed by atoms with Gasteiger partial charge in [0.15, 0.2) is 0 Å². The minimum Gasteiger partial charge on any atom is -0.480 e. The fraction of sp³-hybridized carbons (Fsp3) is 0.615. The van der Waals surface area contributed by atoms with Crippen LogP contribution in [-0.2, 0) is 16.1 Å². The van der Waals surface area contributed by atoms with Gasteiger partial charge in [-0.1, -0.05) is 13.3 Å². The summed E-state index contributed by atoms with van der Waals surface area (Å²) in [5, 5.41) is 8.99. The maximum absolute atomic E-state index is 12.0. The zero-order valence-electron chi connectivity index (χ0n) is 12.8. The minimum absolute atomic E-state index is 0.0184. The van der Waals surface area contributed by atoms with Crippen molar-refractivity contribution in [1.29, 1.82) is 0 Å². The molecular weight excluding hydrogens is 292 g/mol. The number of rotatable bonds is 9. The van der Waals surface area contributed by atoms with Crippen molar-refractivity contribution < 1.29 is 14.6 Å². The van der Waals surface area contributed by atoms with Crippen molar-refractivity contribution >= 4 is 17.5 Å². The number of aromatic amines is 1. The summed E-state index contributed by atoms with van der Waals surface area (Å²) in [4.78, 5) is 38.4. The Hall–Kier alpha value is -2.29. The van der Waals surface area contributed by atoms with Crippen LogP contribution in [0.15, 0.2) is 9.59 Å². The smallest absolute Gasteiger partial charge is 0.330 e. The molecule has 0 spiro atoms. The molecule has 0 fully saturated rings. The monoisotopic (exact) mass is 314 g/mol. The third-order valence-electron chi connectivity index (χ3n) is 3.16. The zero-order valence-corrected chi connectivity index (χ0v) is 12.8. The first-order chi connectivity index (χ1) is 10.4. The Labute approximate surface area is 127 Å². The van der Waals surface area contributed by atoms with Crippen molar-refractivity contribution in [2.45, 2.75) is 26.3 Å². The maximum atomic E-state index is 12.0. The Balaban J connectivity index is 3.31. The summed E-state index contributed by atoms with van der Waals surface area (Å²) >= 11 is 0. The van der Waals surface area contributed by atoms with Gasteiger partial charge in [0, 0.05) is 20.2 Å². The SMILES string of the molecule is CCCCn1c(N)c(N(CCOC)CC(=O)O)c(=O)[nH]c1=O. The Kier molecular flexibility index (Phi) is 6.64. The number of aliphatic carboxylic acids is 1. The molecule has 9 heteroatoms. The summed E-state index contributed by atoms with van der Waals surface area (Å²) < 4.78 is 6.17. The number of nitrogens with zero attached hydrogens (tertiary/aromatic N) is 2. The number of aromatic nitrogens is 2. The Morgan fingerprint density at radius 1 is 1.45 bits per heavy atom. The Morgan fingerprint density at radius 2 is 2.14 bits per heavy atom. The number of unbranched alkanes of at least 4 members (excludes halogenated alkanes) is 1. The van der Waals surface area contributed by atoms with E-state index in [-0.39, 0.29) is 24.7 Å². The summed E-state index contributed by atoms with van der Waals surface area (Å²) in [6.07, 6.45) is 1.56. The highest BCUT2D eigenvalue weighted by molar-refractivity contribution is 5.76. The van der Waals surface area contributed by atoms with Crippen LogP contribution in [-0.4, -0.2) is 47.4 Å². The van der Waals surface area contributed by atoms with E-state index in [1.807, 2.05) is 6.92 Å². The van der Waals surface area contributed by atoms with Crippen molar-refractivity contribution in [1.82, 2.24) is 9.55 Å². The van der Waals surface area contributed by atoms with Crippen molar-refractivity contribution in [2.24, 2.45) is 0 Å². The number of H-pyrrole nitrogens is 1. The maximum Gasteiger partial charge on any atom is 0.330 e. The average Bonchev–Trinajstić information content (AvgIpc) is 2.43. The van der Waals surface area contributed by atoms with Gasteiger partial charge >= 0.3 is 11.7 Å². The van der Waals surface area contributed by atoms with Crippen molar-refractivity contribution in [3.63, 3.8) is 0 Å². The van der Waals surface area contributed by atoms with Crippen LogP contribution < -0.4 is 21.9 Å². The number of nitrogen functional groups attached to an aromatic ring is 1. The van der Waals surface area contributed by atoms with Gasteiger partial charge in [0.05, 0.1) is 6.61 Å². The molecule has 0 aromatic carbocycles. The molecule has 124 valence electrons. The number of hydrogen-bond acceptors (Lipinski definition) is 6. The number of methoxy groups -OCH3 is 1. The molecule has 1 aromatic heterocycles. The standard InChI is InChI=1S/C13H22N4O5/c1-3-4-5-17-11(14)10(12(20)15-13(17)21)16(6-7-22-2)8-9(18)19/h3-8,14H2,1-2H3,(H,18,19)(H,15,20,21). The topological polar surface area (TPSA) is 131 Å². The zero-order chi connectivity index (χ0) is 16.7. The second-order valence-electron chi connectivity index (χ2n) is 4.81. The lowest BCUT2D eigenvalue weighted by atomic mass is 10.3. The van der Waals surface area contributed by atoms with E-state index in [1.165, 1.54) is 16.6 Å². The summed E-state index contributed by atoms with van der Waals surface area (Å²) in [6.45, 7) is 2.30. The highest BCUT2D eigenvalue weighted by Crippen LogP contribution is 2.16. The molecule has 0 bridgehead atoms. The molecule has 1 aromatic rings. The lowest BCUT2D eigenvalue weighted by Gasteiger charge is -2.24. The predicted octanol–water partition coefficient (Wildman–Crippen LogP) is -0.544. The fourth-order valence-electron chi connectivity index (χ4n) is 2.06. The molecule has 0 saturated carbocycles. The Bertz CT molecular complexity index is 622. The van der Waals surface area contributed by atoms with Crippen LogP contribution in [0.3, 0.4) is 0 Å². The van der Waals surface area contributed by atoms with Crippen LogP contribution in [0.4, 0.5) is 11.5 Å². The van der Waals surface area contributed by atoms with Crippen LogP contribution >= 0.6 is 0 Å². The molecule has 0 aliphatic rings. The van der Waals surface area contributed by atoms with Gasteiger partial charge in [0.1, 0.15) is 18.1 Å². The second kappa shape index (κ2) is 8.23. The average molecular weight is 314 g/mol. The quantitative estimate of drug-likeness (QED) is 0.557. The highest BCUT2D eigenvalue weighted by Gasteiger charge is 2.20. The number of nitrogens with two attached hydrogens (primary N) is 1. The molecule has 0 amide bonds. The fourth-order valence-corrected chi connectivity index (χ4v) is 2.06. The van der Waals surface area contributed by atoms with Crippen LogP contribution in [0.1, 0.15) is 19.8 Å². The number of hydrogen-bond donors (Lipinski definition) is 3. The van der Waals surface area contributed by atoms with Gasteiger partial charge in [0.25, 0.3) is 5.56 Å². The van der Waals surface area contributed by atoms with E-state index in [1.54, 1.807) is 0 Å². The molecule has 1 rings (SSSR count). The van der Waals surface area contributed by atoms with E-state index in [4.69, 9.17) is 15.6 Å². The number of carbonyl (C=O) groups is 1. The van der Waals surface area contributed by atoms with Crippen molar-refractivity contribution in [3.8, 4) is 0 Å². The second-order valence-corrected chi connectivity index (χ2v) is 4.81. The summed E-state index contributed by atoms with van der Waals surface area (Å²) in [5.41, 5.74) is 4.63. The van der Waals surface area contributed by atoms with Crippen LogP contribution in [0.25, 0.3) is 0 Å². The van der Waals surface area contributed by atoms with Crippen molar-refractivity contribution in [2.75, 3.05) is 37.4 Å². The van der Waals surface area contributed by atoms with Gasteiger partial charge in [0.2, 0.25) is 0 Å². The summed E-state index contributed by atoms with van der Waals surface area (Å²) in [7, 11) is 1.47. The van der Waals surface area contributed by atoms with Gasteiger partial charge in [-0.05, 0) is 6.42 Å². The van der Waals surface area contributed by atoms with Crippen LogP contribution in [0, 0.1) is 0 Å². The van der Waals surface area contributed by atoms with E-state index in [0.717, 1.165) is 6.42 Å². The van der Waals surface area contributed by atoms with Gasteiger partial charge < -0.3 is 20.5 Å². The first kappa shape index (κ1) is 17.8. The lowest BCUT2D eigenvalue weighted by Crippen LogP contribution is -2.41. The summed E-state index contributed by atoms with van der Waals surface area (Å²) in [6, 6.07) is 0. The van der Waals surface area contributed by atoms with Crippen LogP contribution in [0.5, 0.6) is 0 Å². The number of ether oxygens (including phenoxy) is 1. The van der Waals surface area contributed by atoms with E-state index >= 15 is 0 Å². The molecule has 0 radical (unpaired) electrons. The van der Waals surface area contributed by atoms with Gasteiger partial charge in [-0.3, -0.25) is 19.1 Å².